The molecule has 0 radical (unpaired) electrons. The standard InChI is InChI=1S/C22H25N3O4/c1-2-29-19-9-7-18(8-10-19)25-21(26)15-20(22(25)27)23-16-3-5-17(6-4-16)24-11-13-28-14-12-24/h3-10,20,23H,2,11-15H2,1H3. The summed E-state index contributed by atoms with van der Waals surface area (Å²) < 4.78 is 10.8. The number of ether oxygens (including phenoxy) is 2. The summed E-state index contributed by atoms with van der Waals surface area (Å²) in [7, 11) is 0. The Hall–Kier alpha value is -3.06. The topological polar surface area (TPSA) is 71.1 Å². The number of nitrogens with one attached hydrogen (secondary N) is 1. The number of hydrogen-bond acceptors (Lipinski definition) is 6. The van der Waals surface area contributed by atoms with Crippen LogP contribution in [0.1, 0.15) is 13.3 Å². The highest BCUT2D eigenvalue weighted by molar-refractivity contribution is 6.23. The fraction of sp³-hybridized carbons (Fsp3) is 0.364. The smallest absolute Gasteiger partial charge is 0.256 e. The number of amides is 2. The highest BCUT2D eigenvalue weighted by atomic mass is 16.5. The minimum Gasteiger partial charge on any atom is -0.494 e. The molecule has 2 aromatic carbocycles. The Kier molecular flexibility index (Phi) is 5.67. The van der Waals surface area contributed by atoms with Crippen molar-refractivity contribution in [3.63, 3.8) is 0 Å². The van der Waals surface area contributed by atoms with Crippen molar-refractivity contribution < 1.29 is 19.1 Å². The summed E-state index contributed by atoms with van der Waals surface area (Å²) >= 11 is 0. The predicted molar refractivity (Wildman–Crippen MR) is 112 cm³/mol. The fourth-order valence-corrected chi connectivity index (χ4v) is 3.67. The van der Waals surface area contributed by atoms with Crippen LogP contribution in [-0.4, -0.2) is 50.8 Å². The summed E-state index contributed by atoms with van der Waals surface area (Å²) in [5.74, 6) is 0.267. The molecular formula is C22H25N3O4. The molecule has 2 fully saturated rings. The van der Waals surface area contributed by atoms with Gasteiger partial charge in [-0.2, -0.15) is 0 Å². The van der Waals surface area contributed by atoms with Crippen molar-refractivity contribution >= 4 is 28.9 Å². The molecule has 4 rings (SSSR count). The molecule has 2 aliphatic rings. The summed E-state index contributed by atoms with van der Waals surface area (Å²) in [6.07, 6.45) is 0.136. The summed E-state index contributed by atoms with van der Waals surface area (Å²) in [5.41, 5.74) is 2.51. The second-order valence-electron chi connectivity index (χ2n) is 7.04. The van der Waals surface area contributed by atoms with Crippen molar-refractivity contribution in [1.29, 1.82) is 0 Å². The normalized spacial score (nSPS) is 19.6. The van der Waals surface area contributed by atoms with Gasteiger partial charge in [-0.25, -0.2) is 4.90 Å². The van der Waals surface area contributed by atoms with Crippen LogP contribution in [0.15, 0.2) is 48.5 Å². The Morgan fingerprint density at radius 1 is 1.00 bits per heavy atom. The number of benzene rings is 2. The van der Waals surface area contributed by atoms with E-state index in [0.29, 0.717) is 18.0 Å². The van der Waals surface area contributed by atoms with Gasteiger partial charge >= 0.3 is 0 Å². The molecule has 2 amide bonds. The quantitative estimate of drug-likeness (QED) is 0.759. The average molecular weight is 395 g/mol. The van der Waals surface area contributed by atoms with E-state index >= 15 is 0 Å². The number of rotatable bonds is 6. The minimum absolute atomic E-state index is 0.136. The van der Waals surface area contributed by atoms with Crippen LogP contribution in [0.3, 0.4) is 0 Å². The Labute approximate surface area is 170 Å². The van der Waals surface area contributed by atoms with Gasteiger partial charge < -0.3 is 19.7 Å². The van der Waals surface area contributed by atoms with Crippen LogP contribution >= 0.6 is 0 Å². The lowest BCUT2D eigenvalue weighted by Gasteiger charge is -2.29. The third-order valence-corrected chi connectivity index (χ3v) is 5.14. The molecule has 1 unspecified atom stereocenters. The van der Waals surface area contributed by atoms with Crippen molar-refractivity contribution in [2.24, 2.45) is 0 Å². The van der Waals surface area contributed by atoms with Gasteiger partial charge in [0.05, 0.1) is 31.9 Å². The molecule has 2 heterocycles. The van der Waals surface area contributed by atoms with Gasteiger partial charge in [-0.15, -0.1) is 0 Å². The minimum atomic E-state index is -0.566. The monoisotopic (exact) mass is 395 g/mol. The summed E-state index contributed by atoms with van der Waals surface area (Å²) in [6.45, 7) is 5.70. The van der Waals surface area contributed by atoms with E-state index in [0.717, 1.165) is 37.7 Å². The molecule has 7 heteroatoms. The molecular weight excluding hydrogens is 370 g/mol. The van der Waals surface area contributed by atoms with Gasteiger partial charge in [-0.3, -0.25) is 9.59 Å². The van der Waals surface area contributed by atoms with Gasteiger partial charge in [0.2, 0.25) is 5.91 Å². The van der Waals surface area contributed by atoms with Crippen LogP contribution < -0.4 is 19.9 Å². The van der Waals surface area contributed by atoms with Crippen molar-refractivity contribution in [2.75, 3.05) is 48.0 Å². The van der Waals surface area contributed by atoms with Crippen molar-refractivity contribution in [2.45, 2.75) is 19.4 Å². The summed E-state index contributed by atoms with van der Waals surface area (Å²) in [5, 5.41) is 3.20. The van der Waals surface area contributed by atoms with E-state index in [4.69, 9.17) is 9.47 Å². The highest BCUT2D eigenvalue weighted by Crippen LogP contribution is 2.27. The molecule has 29 heavy (non-hydrogen) atoms. The number of morpholine rings is 1. The first-order valence-corrected chi connectivity index (χ1v) is 9.94. The van der Waals surface area contributed by atoms with Gasteiger partial charge in [-0.1, -0.05) is 0 Å². The van der Waals surface area contributed by atoms with Crippen molar-refractivity contribution in [1.82, 2.24) is 0 Å². The van der Waals surface area contributed by atoms with E-state index < -0.39 is 6.04 Å². The predicted octanol–water partition coefficient (Wildman–Crippen LogP) is 2.67. The number of imide groups is 1. The first kappa shape index (κ1) is 19.3. The van der Waals surface area contributed by atoms with Crippen molar-refractivity contribution in [3.8, 4) is 5.75 Å². The zero-order chi connectivity index (χ0) is 20.2. The van der Waals surface area contributed by atoms with Crippen LogP contribution in [0.25, 0.3) is 0 Å². The largest absolute Gasteiger partial charge is 0.494 e. The fourth-order valence-electron chi connectivity index (χ4n) is 3.67. The van der Waals surface area contributed by atoms with Crippen LogP contribution in [0.4, 0.5) is 17.1 Å². The summed E-state index contributed by atoms with van der Waals surface area (Å²) in [6, 6.07) is 14.4. The molecule has 7 nitrogen and oxygen atoms in total. The Morgan fingerprint density at radius 2 is 1.66 bits per heavy atom. The van der Waals surface area contributed by atoms with Crippen LogP contribution in [0.2, 0.25) is 0 Å². The van der Waals surface area contributed by atoms with Gasteiger partial charge in [-0.05, 0) is 55.5 Å². The van der Waals surface area contributed by atoms with Gasteiger partial charge in [0.1, 0.15) is 11.8 Å². The van der Waals surface area contributed by atoms with Crippen molar-refractivity contribution in [3.05, 3.63) is 48.5 Å². The van der Waals surface area contributed by atoms with E-state index in [2.05, 4.69) is 10.2 Å². The summed E-state index contributed by atoms with van der Waals surface area (Å²) in [4.78, 5) is 28.8. The Balaban J connectivity index is 1.42. The van der Waals surface area contributed by atoms with Gasteiger partial charge in [0, 0.05) is 24.5 Å². The third-order valence-electron chi connectivity index (χ3n) is 5.14. The van der Waals surface area contributed by atoms with Crippen LogP contribution in [-0.2, 0) is 14.3 Å². The van der Waals surface area contributed by atoms with Gasteiger partial charge in [0.15, 0.2) is 0 Å². The SMILES string of the molecule is CCOc1ccc(N2C(=O)CC(Nc3ccc(N4CCOCC4)cc3)C2=O)cc1. The first-order chi connectivity index (χ1) is 14.2. The first-order valence-electron chi connectivity index (χ1n) is 9.94. The second-order valence-corrected chi connectivity index (χ2v) is 7.04. The maximum absolute atomic E-state index is 12.8. The number of anilines is 3. The number of carbonyl (C=O) groups excluding carboxylic acids is 2. The number of hydrogen-bond donors (Lipinski definition) is 1. The maximum atomic E-state index is 12.8. The maximum Gasteiger partial charge on any atom is 0.256 e. The van der Waals surface area contributed by atoms with E-state index in [9.17, 15) is 9.59 Å². The molecule has 0 spiro atoms. The van der Waals surface area contributed by atoms with Crippen LogP contribution in [0, 0.1) is 0 Å². The molecule has 0 aliphatic carbocycles. The zero-order valence-corrected chi connectivity index (χ0v) is 16.5. The molecule has 0 saturated carbocycles. The molecule has 152 valence electrons. The van der Waals surface area contributed by atoms with E-state index in [1.165, 1.54) is 4.90 Å². The highest BCUT2D eigenvalue weighted by Gasteiger charge is 2.39. The lowest BCUT2D eigenvalue weighted by molar-refractivity contribution is -0.121. The lowest BCUT2D eigenvalue weighted by Crippen LogP contribution is -2.36. The second kappa shape index (κ2) is 8.53. The number of carbonyl (C=O) groups is 2. The van der Waals surface area contributed by atoms with Gasteiger partial charge in [0.25, 0.3) is 5.91 Å². The molecule has 1 N–H and O–H groups in total. The van der Waals surface area contributed by atoms with E-state index in [1.54, 1.807) is 24.3 Å². The Morgan fingerprint density at radius 3 is 2.31 bits per heavy atom. The molecule has 1 atom stereocenters. The average Bonchev–Trinajstić information content (AvgIpc) is 3.03. The third kappa shape index (κ3) is 4.19. The number of nitrogens with zero attached hydrogens (tertiary/aromatic N) is 2. The molecule has 2 saturated heterocycles. The zero-order valence-electron chi connectivity index (χ0n) is 16.5. The van der Waals surface area contributed by atoms with Crippen LogP contribution in [0.5, 0.6) is 5.75 Å². The lowest BCUT2D eigenvalue weighted by atomic mass is 10.2. The molecule has 2 aromatic rings. The molecule has 2 aliphatic heterocycles. The van der Waals surface area contributed by atoms with E-state index in [1.807, 2.05) is 31.2 Å². The molecule has 0 bridgehead atoms. The Bertz CT molecular complexity index is 861. The van der Waals surface area contributed by atoms with E-state index in [-0.39, 0.29) is 18.2 Å². The molecule has 0 aromatic heterocycles.